The minimum Gasteiger partial charge on any atom is -0.456 e. The molecule has 5 heterocycles. The van der Waals surface area contributed by atoms with Crippen molar-refractivity contribution >= 4 is 35.8 Å². The number of hydrogen-bond acceptors (Lipinski definition) is 20. The third kappa shape index (κ3) is 12.3. The second-order valence-electron chi connectivity index (χ2n) is 13.7. The predicted octanol–water partition coefficient (Wildman–Crippen LogP) is 0.0780. The largest absolute Gasteiger partial charge is 0.456 e. The molecule has 22 nitrogen and oxygen atoms in total. The number of hydrogen-bond donors (Lipinski definition) is 0. The standard InChI is InChI=1S/C36H48N6O16/c1-19(43)51-29-27-17-41-15-25(37-39-41)11-7-8-12-26-16-42(40-38-26)18-28-30(52-20(2)44)32(54-22(4)46)34(56-24(6)48)36(58-28)50-14-10-9-13-49-35(57-27)33(55-23(5)47)31(29)53-21(3)45/h9-10,15-16,27-36H,7-8,11-14,17-18H2,1-6H3/b10-9-/t27-,28-,29-,30-,31+,32+,33-,34-,35-,36-/m1/s1. The van der Waals surface area contributed by atoms with E-state index in [2.05, 4.69) is 20.6 Å². The van der Waals surface area contributed by atoms with Gasteiger partial charge in [0.15, 0.2) is 49.2 Å². The zero-order chi connectivity index (χ0) is 41.9. The molecule has 3 aliphatic heterocycles. The third-order valence-corrected chi connectivity index (χ3v) is 8.90. The van der Waals surface area contributed by atoms with Gasteiger partial charge in [0.1, 0.15) is 12.2 Å². The number of carbonyl (C=O) groups is 6. The van der Waals surface area contributed by atoms with Gasteiger partial charge in [0.25, 0.3) is 0 Å². The number of carbonyl (C=O) groups excluding carboxylic acids is 6. The summed E-state index contributed by atoms with van der Waals surface area (Å²) in [7, 11) is 0. The number of ether oxygens (including phenoxy) is 10. The molecule has 10 atom stereocenters. The summed E-state index contributed by atoms with van der Waals surface area (Å²) in [5.41, 5.74) is 1.34. The Kier molecular flexibility index (Phi) is 15.4. The third-order valence-electron chi connectivity index (χ3n) is 8.90. The lowest BCUT2D eigenvalue weighted by molar-refractivity contribution is -0.304. The van der Waals surface area contributed by atoms with Gasteiger partial charge >= 0.3 is 35.8 Å². The van der Waals surface area contributed by atoms with E-state index in [1.54, 1.807) is 12.4 Å². The van der Waals surface area contributed by atoms with Crippen LogP contribution in [0, 0.1) is 0 Å². The molecular formula is C36H48N6O16. The van der Waals surface area contributed by atoms with Gasteiger partial charge in [-0.25, -0.2) is 9.36 Å². The van der Waals surface area contributed by atoms with Crippen LogP contribution < -0.4 is 0 Å². The number of nitrogens with zero attached hydrogens (tertiary/aromatic N) is 6. The Hall–Kier alpha value is -5.32. The van der Waals surface area contributed by atoms with E-state index in [0.717, 1.165) is 27.7 Å². The summed E-state index contributed by atoms with van der Waals surface area (Å²) in [6.07, 6.45) is -3.58. The van der Waals surface area contributed by atoms with Crippen molar-refractivity contribution in [2.45, 2.75) is 142 Å². The molecule has 0 amide bonds. The van der Waals surface area contributed by atoms with Crippen LogP contribution in [0.15, 0.2) is 24.5 Å². The summed E-state index contributed by atoms with van der Waals surface area (Å²) in [6, 6.07) is 0. The fourth-order valence-corrected chi connectivity index (χ4v) is 6.77. The van der Waals surface area contributed by atoms with Gasteiger partial charge in [-0.2, -0.15) is 0 Å². The summed E-state index contributed by atoms with van der Waals surface area (Å²) >= 11 is 0. The highest BCUT2D eigenvalue weighted by atomic mass is 16.7. The van der Waals surface area contributed by atoms with Crippen molar-refractivity contribution in [2.75, 3.05) is 13.2 Å². The van der Waals surface area contributed by atoms with Gasteiger partial charge in [-0.05, 0) is 25.7 Å². The van der Waals surface area contributed by atoms with Crippen molar-refractivity contribution in [2.24, 2.45) is 0 Å². The van der Waals surface area contributed by atoms with Crippen molar-refractivity contribution in [3.63, 3.8) is 0 Å². The molecule has 0 N–H and O–H groups in total. The molecule has 2 aromatic rings. The summed E-state index contributed by atoms with van der Waals surface area (Å²) in [5, 5.41) is 17.0. The quantitative estimate of drug-likeness (QED) is 0.212. The van der Waals surface area contributed by atoms with Crippen LogP contribution in [0.25, 0.3) is 0 Å². The number of aromatic nitrogens is 6. The normalized spacial score (nSPS) is 30.0. The topological polar surface area (TPSA) is 256 Å². The van der Waals surface area contributed by atoms with E-state index in [-0.39, 0.29) is 26.3 Å². The molecule has 58 heavy (non-hydrogen) atoms. The Bertz CT molecular complexity index is 1670. The van der Waals surface area contributed by atoms with Crippen LogP contribution in [0.2, 0.25) is 0 Å². The van der Waals surface area contributed by atoms with Crippen LogP contribution >= 0.6 is 0 Å². The minimum atomic E-state index is -1.36. The smallest absolute Gasteiger partial charge is 0.303 e. The maximum absolute atomic E-state index is 12.3. The lowest BCUT2D eigenvalue weighted by atomic mass is 9.97. The molecule has 22 heteroatoms. The number of rotatable bonds is 6. The lowest BCUT2D eigenvalue weighted by Gasteiger charge is -2.44. The Labute approximate surface area is 332 Å². The molecule has 0 aliphatic carbocycles. The highest BCUT2D eigenvalue weighted by molar-refractivity contribution is 5.69. The molecule has 0 saturated carbocycles. The molecule has 5 rings (SSSR count). The summed E-state index contributed by atoms with van der Waals surface area (Å²) in [5.74, 6) is -4.38. The zero-order valence-electron chi connectivity index (χ0n) is 33.0. The molecule has 0 radical (unpaired) electrons. The second kappa shape index (κ2) is 20.4. The first-order chi connectivity index (χ1) is 27.7. The Morgan fingerprint density at radius 1 is 0.517 bits per heavy atom. The van der Waals surface area contributed by atoms with Gasteiger partial charge in [-0.15, -0.1) is 10.2 Å². The first-order valence-electron chi connectivity index (χ1n) is 18.7. The van der Waals surface area contributed by atoms with Gasteiger partial charge < -0.3 is 47.4 Å². The van der Waals surface area contributed by atoms with Gasteiger partial charge in [0, 0.05) is 53.9 Å². The Morgan fingerprint density at radius 2 is 0.845 bits per heavy atom. The minimum absolute atomic E-state index is 0.0132. The Balaban J connectivity index is 1.46. The van der Waals surface area contributed by atoms with Crippen LogP contribution in [-0.4, -0.2) is 140 Å². The number of fused-ring (bicyclic) bond motifs is 8. The molecular weight excluding hydrogens is 772 g/mol. The van der Waals surface area contributed by atoms with E-state index in [9.17, 15) is 28.8 Å². The molecule has 8 bridgehead atoms. The summed E-state index contributed by atoms with van der Waals surface area (Å²) in [6.45, 7) is 6.60. The van der Waals surface area contributed by atoms with Gasteiger partial charge in [0.05, 0.1) is 37.7 Å². The van der Waals surface area contributed by atoms with E-state index >= 15 is 0 Å². The van der Waals surface area contributed by atoms with Crippen molar-refractivity contribution in [3.8, 4) is 0 Å². The molecule has 0 spiro atoms. The highest BCUT2D eigenvalue weighted by Crippen LogP contribution is 2.32. The molecule has 2 aromatic heterocycles. The van der Waals surface area contributed by atoms with Crippen LogP contribution in [0.5, 0.6) is 0 Å². The SMILES string of the molecule is CC(=O)O[C@@H]1[C@@H](OC(C)=O)[C@@H]2OC/C=C\CO[C@@H]3O[C@H](Cn4cc(nn4)CCCCc4cn(nn4)C[C@@H](O2)[C@H]1OC(C)=O)[C@@H](OC(C)=O)[C@H](OC(C)=O)[C@H]3OC(C)=O. The molecule has 0 unspecified atom stereocenters. The predicted molar refractivity (Wildman–Crippen MR) is 188 cm³/mol. The molecule has 318 valence electrons. The van der Waals surface area contributed by atoms with Crippen LogP contribution in [0.1, 0.15) is 65.8 Å². The second-order valence-corrected chi connectivity index (χ2v) is 13.7. The van der Waals surface area contributed by atoms with Gasteiger partial charge in [-0.1, -0.05) is 22.6 Å². The van der Waals surface area contributed by atoms with E-state index in [0.29, 0.717) is 37.1 Å². The first kappa shape index (κ1) is 43.8. The maximum atomic E-state index is 12.3. The number of esters is 6. The lowest BCUT2D eigenvalue weighted by Crippen LogP contribution is -2.62. The van der Waals surface area contributed by atoms with Crippen molar-refractivity contribution in [1.82, 2.24) is 30.0 Å². The summed E-state index contributed by atoms with van der Waals surface area (Å²) < 4.78 is 60.9. The molecule has 3 aliphatic rings. The Morgan fingerprint density at radius 3 is 1.19 bits per heavy atom. The number of aryl methyl sites for hydroxylation is 2. The average Bonchev–Trinajstić information content (AvgIpc) is 3.78. The summed E-state index contributed by atoms with van der Waals surface area (Å²) in [4.78, 5) is 73.8. The van der Waals surface area contributed by atoms with E-state index < -0.39 is 97.2 Å². The first-order valence-corrected chi connectivity index (χ1v) is 18.7. The van der Waals surface area contributed by atoms with Crippen molar-refractivity contribution in [3.05, 3.63) is 35.9 Å². The molecule has 2 saturated heterocycles. The zero-order valence-corrected chi connectivity index (χ0v) is 33.0. The van der Waals surface area contributed by atoms with Gasteiger partial charge in [-0.3, -0.25) is 28.8 Å². The molecule has 0 aromatic carbocycles. The van der Waals surface area contributed by atoms with Crippen LogP contribution in [0.3, 0.4) is 0 Å². The van der Waals surface area contributed by atoms with E-state index in [4.69, 9.17) is 47.4 Å². The van der Waals surface area contributed by atoms with Crippen LogP contribution in [-0.2, 0) is 102 Å². The molecule has 2 fully saturated rings. The highest BCUT2D eigenvalue weighted by Gasteiger charge is 2.54. The average molecular weight is 821 g/mol. The van der Waals surface area contributed by atoms with E-state index in [1.165, 1.54) is 35.4 Å². The van der Waals surface area contributed by atoms with Crippen molar-refractivity contribution < 1.29 is 76.1 Å². The maximum Gasteiger partial charge on any atom is 0.303 e. The van der Waals surface area contributed by atoms with Gasteiger partial charge in [0.2, 0.25) is 0 Å². The van der Waals surface area contributed by atoms with Crippen LogP contribution in [0.4, 0.5) is 0 Å². The monoisotopic (exact) mass is 820 g/mol. The van der Waals surface area contributed by atoms with E-state index in [1.807, 2.05) is 0 Å². The fraction of sp³-hybridized carbons (Fsp3) is 0.667. The van der Waals surface area contributed by atoms with Crippen molar-refractivity contribution in [1.29, 1.82) is 0 Å². The fourth-order valence-electron chi connectivity index (χ4n) is 6.77.